The van der Waals surface area contributed by atoms with Crippen LogP contribution in [-0.2, 0) is 0 Å². The summed E-state index contributed by atoms with van der Waals surface area (Å²) in [6.07, 6.45) is 1.70. The Hall–Kier alpha value is -2.63. The van der Waals surface area contributed by atoms with E-state index in [-0.39, 0.29) is 0 Å². The highest BCUT2D eigenvalue weighted by Gasteiger charge is 2.27. The zero-order valence-electron chi connectivity index (χ0n) is 13.5. The fourth-order valence-corrected chi connectivity index (χ4v) is 3.18. The molecule has 1 heterocycles. The van der Waals surface area contributed by atoms with E-state index in [1.165, 1.54) is 11.6 Å². The molecule has 5 nitrogen and oxygen atoms in total. The van der Waals surface area contributed by atoms with Gasteiger partial charge in [-0.1, -0.05) is 18.2 Å². The van der Waals surface area contributed by atoms with Crippen molar-refractivity contribution in [3.63, 3.8) is 0 Å². The van der Waals surface area contributed by atoms with E-state index in [9.17, 15) is 14.5 Å². The number of benzene rings is 2. The highest BCUT2D eigenvalue weighted by Crippen LogP contribution is 2.32. The minimum atomic E-state index is -0.780. The number of rotatable bonds is 4. The van der Waals surface area contributed by atoms with E-state index in [4.69, 9.17) is 0 Å². The van der Waals surface area contributed by atoms with Gasteiger partial charge in [0.2, 0.25) is 5.82 Å². The Morgan fingerprint density at radius 2 is 1.92 bits per heavy atom. The molecule has 1 aliphatic heterocycles. The third-order valence-electron chi connectivity index (χ3n) is 4.37. The summed E-state index contributed by atoms with van der Waals surface area (Å²) in [7, 11) is 0. The molecule has 126 valence electrons. The average molecular weight is 329 g/mol. The first-order chi connectivity index (χ1) is 11.5. The maximum Gasteiger partial charge on any atom is 0.327 e. The van der Waals surface area contributed by atoms with Crippen LogP contribution >= 0.6 is 0 Å². The van der Waals surface area contributed by atoms with Crippen LogP contribution in [0.2, 0.25) is 0 Å². The molecule has 0 bridgehead atoms. The summed E-state index contributed by atoms with van der Waals surface area (Å²) in [4.78, 5) is 12.4. The first-order valence-electron chi connectivity index (χ1n) is 8.05. The quantitative estimate of drug-likeness (QED) is 0.677. The first kappa shape index (κ1) is 16.2. The maximum absolute atomic E-state index is 13.8. The van der Waals surface area contributed by atoms with Crippen molar-refractivity contribution in [2.75, 3.05) is 23.3 Å². The number of hydrogen-bond acceptors (Lipinski definition) is 4. The van der Waals surface area contributed by atoms with Gasteiger partial charge in [-0.3, -0.25) is 10.1 Å². The largest absolute Gasteiger partial charge is 0.382 e. The van der Waals surface area contributed by atoms with Gasteiger partial charge in [0.15, 0.2) is 0 Å². The predicted octanol–water partition coefficient (Wildman–Crippen LogP) is 4.12. The van der Waals surface area contributed by atoms with E-state index in [1.807, 2.05) is 17.0 Å². The number of nitrogens with one attached hydrogen (secondary N) is 1. The minimum Gasteiger partial charge on any atom is -0.382 e. The second-order valence-corrected chi connectivity index (χ2v) is 6.14. The summed E-state index contributed by atoms with van der Waals surface area (Å²) < 4.78 is 13.8. The van der Waals surface area contributed by atoms with Crippen molar-refractivity contribution in [2.24, 2.45) is 0 Å². The molecule has 3 rings (SSSR count). The van der Waals surface area contributed by atoms with Gasteiger partial charge in [-0.05, 0) is 49.6 Å². The monoisotopic (exact) mass is 329 g/mol. The molecule has 1 N–H and O–H groups in total. The molecule has 2 aromatic carbocycles. The lowest BCUT2D eigenvalue weighted by Gasteiger charge is -2.34. The van der Waals surface area contributed by atoms with Crippen molar-refractivity contribution in [2.45, 2.75) is 25.8 Å². The number of nitro benzene ring substituents is 1. The minimum absolute atomic E-state index is 0.315. The molecule has 0 saturated carbocycles. The van der Waals surface area contributed by atoms with Crippen LogP contribution in [0.1, 0.15) is 18.4 Å². The van der Waals surface area contributed by atoms with E-state index >= 15 is 0 Å². The van der Waals surface area contributed by atoms with Gasteiger partial charge in [0.25, 0.3) is 0 Å². The van der Waals surface area contributed by atoms with Gasteiger partial charge in [-0.2, -0.15) is 4.39 Å². The molecule has 0 aliphatic carbocycles. The summed E-state index contributed by atoms with van der Waals surface area (Å²) in [6, 6.07) is 12.8. The topological polar surface area (TPSA) is 58.4 Å². The lowest BCUT2D eigenvalue weighted by molar-refractivity contribution is -0.386. The Kier molecular flexibility index (Phi) is 4.64. The molecule has 0 unspecified atom stereocenters. The Morgan fingerprint density at radius 3 is 2.58 bits per heavy atom. The van der Waals surface area contributed by atoms with Crippen LogP contribution in [0.3, 0.4) is 0 Å². The fourth-order valence-electron chi connectivity index (χ4n) is 3.18. The van der Waals surface area contributed by atoms with Gasteiger partial charge < -0.3 is 10.2 Å². The number of nitro groups is 1. The molecule has 0 amide bonds. The second kappa shape index (κ2) is 6.86. The van der Waals surface area contributed by atoms with Gasteiger partial charge in [-0.25, -0.2) is 0 Å². The van der Waals surface area contributed by atoms with Crippen molar-refractivity contribution >= 4 is 17.1 Å². The van der Waals surface area contributed by atoms with Crippen molar-refractivity contribution < 1.29 is 9.31 Å². The molecule has 0 atom stereocenters. The van der Waals surface area contributed by atoms with Crippen molar-refractivity contribution in [3.8, 4) is 0 Å². The summed E-state index contributed by atoms with van der Waals surface area (Å²) in [5.74, 6) is -0.780. The Labute approximate surface area is 140 Å². The van der Waals surface area contributed by atoms with Crippen LogP contribution in [0.4, 0.5) is 21.5 Å². The standard InChI is InChI=1S/C18H20FN3O2/c1-13-4-2-5-15(12-13)20-14-8-10-21(11-9-14)17-7-3-6-16(19)18(17)22(23)24/h2-7,12,14,20H,8-11H2,1H3. The molecular weight excluding hydrogens is 309 g/mol. The van der Waals surface area contributed by atoms with Crippen LogP contribution in [0.25, 0.3) is 0 Å². The molecule has 2 aromatic rings. The molecule has 1 aliphatic rings. The van der Waals surface area contributed by atoms with Crippen LogP contribution in [-0.4, -0.2) is 24.1 Å². The molecule has 1 fully saturated rings. The fraction of sp³-hybridized carbons (Fsp3) is 0.333. The van der Waals surface area contributed by atoms with Gasteiger partial charge in [0.1, 0.15) is 5.69 Å². The van der Waals surface area contributed by atoms with E-state index < -0.39 is 16.4 Å². The SMILES string of the molecule is Cc1cccc(NC2CCN(c3cccc(F)c3[N+](=O)[O-])CC2)c1. The van der Waals surface area contributed by atoms with E-state index in [0.717, 1.165) is 24.6 Å². The molecule has 0 spiro atoms. The first-order valence-corrected chi connectivity index (χ1v) is 8.05. The predicted molar refractivity (Wildman–Crippen MR) is 93.1 cm³/mol. The number of piperidine rings is 1. The van der Waals surface area contributed by atoms with E-state index in [1.54, 1.807) is 6.07 Å². The number of anilines is 2. The average Bonchev–Trinajstić information content (AvgIpc) is 2.55. The third kappa shape index (κ3) is 3.48. The molecule has 0 aromatic heterocycles. The smallest absolute Gasteiger partial charge is 0.327 e. The molecule has 24 heavy (non-hydrogen) atoms. The number of nitrogens with zero attached hydrogens (tertiary/aromatic N) is 2. The summed E-state index contributed by atoms with van der Waals surface area (Å²) in [5.41, 5.74) is 2.23. The van der Waals surface area contributed by atoms with Gasteiger partial charge in [-0.15, -0.1) is 0 Å². The molecule has 0 radical (unpaired) electrons. The molecule has 1 saturated heterocycles. The highest BCUT2D eigenvalue weighted by molar-refractivity contribution is 5.64. The van der Waals surface area contributed by atoms with Crippen LogP contribution < -0.4 is 10.2 Å². The normalized spacial score (nSPS) is 15.3. The number of halogens is 1. The van der Waals surface area contributed by atoms with Crippen molar-refractivity contribution in [1.29, 1.82) is 0 Å². The van der Waals surface area contributed by atoms with Gasteiger partial charge in [0.05, 0.1) is 4.92 Å². The zero-order chi connectivity index (χ0) is 17.1. The second-order valence-electron chi connectivity index (χ2n) is 6.14. The van der Waals surface area contributed by atoms with Crippen LogP contribution in [0.5, 0.6) is 0 Å². The van der Waals surface area contributed by atoms with Crippen LogP contribution in [0, 0.1) is 22.9 Å². The third-order valence-corrected chi connectivity index (χ3v) is 4.37. The van der Waals surface area contributed by atoms with Crippen molar-refractivity contribution in [1.82, 2.24) is 0 Å². The van der Waals surface area contributed by atoms with Gasteiger partial charge in [0, 0.05) is 24.8 Å². The highest BCUT2D eigenvalue weighted by atomic mass is 19.1. The van der Waals surface area contributed by atoms with Crippen LogP contribution in [0.15, 0.2) is 42.5 Å². The van der Waals surface area contributed by atoms with Gasteiger partial charge >= 0.3 is 5.69 Å². The Morgan fingerprint density at radius 1 is 1.21 bits per heavy atom. The summed E-state index contributed by atoms with van der Waals surface area (Å²) in [6.45, 7) is 3.37. The summed E-state index contributed by atoms with van der Waals surface area (Å²) >= 11 is 0. The van der Waals surface area contributed by atoms with Crippen molar-refractivity contribution in [3.05, 3.63) is 64.0 Å². The maximum atomic E-state index is 13.8. The van der Waals surface area contributed by atoms with E-state index in [2.05, 4.69) is 24.4 Å². The van der Waals surface area contributed by atoms with E-state index in [0.29, 0.717) is 24.8 Å². The molecular formula is C18H20FN3O2. The summed E-state index contributed by atoms with van der Waals surface area (Å²) in [5, 5.41) is 14.7. The number of para-hydroxylation sites is 1. The number of aryl methyl sites for hydroxylation is 1. The molecule has 6 heteroatoms. The Bertz CT molecular complexity index is 743. The lowest BCUT2D eigenvalue weighted by atomic mass is 10.0. The Balaban J connectivity index is 1.67. The number of hydrogen-bond donors (Lipinski definition) is 1. The zero-order valence-corrected chi connectivity index (χ0v) is 13.5. The lowest BCUT2D eigenvalue weighted by Crippen LogP contribution is -2.39.